The van der Waals surface area contributed by atoms with Gasteiger partial charge in [0.15, 0.2) is 0 Å². The predicted molar refractivity (Wildman–Crippen MR) is 82.2 cm³/mol. The van der Waals surface area contributed by atoms with Gasteiger partial charge < -0.3 is 10.4 Å². The Labute approximate surface area is 123 Å². The minimum absolute atomic E-state index is 0.0629. The van der Waals surface area contributed by atoms with E-state index in [1.54, 1.807) is 0 Å². The molecule has 1 aromatic carbocycles. The number of rotatable bonds is 6. The average Bonchev–Trinajstić information content (AvgIpc) is 2.96. The molecule has 1 unspecified atom stereocenters. The highest BCUT2D eigenvalue weighted by Gasteiger charge is 2.15. The molecule has 0 radical (unpaired) electrons. The maximum atomic E-state index is 12.1. The Morgan fingerprint density at radius 2 is 2.00 bits per heavy atom. The van der Waals surface area contributed by atoms with Crippen molar-refractivity contribution in [3.05, 3.63) is 57.8 Å². The number of carbonyl (C=O) groups excluding carboxylic acids is 1. The number of hydrogen-bond donors (Lipinski definition) is 2. The zero-order chi connectivity index (χ0) is 14.4. The molecular formula is C16H19NO2S. The van der Waals surface area contributed by atoms with Crippen molar-refractivity contribution in [2.24, 2.45) is 0 Å². The van der Waals surface area contributed by atoms with E-state index in [1.807, 2.05) is 42.5 Å². The van der Waals surface area contributed by atoms with E-state index in [2.05, 4.69) is 12.2 Å². The lowest BCUT2D eigenvalue weighted by Gasteiger charge is -2.15. The highest BCUT2D eigenvalue weighted by molar-refractivity contribution is 7.14. The number of amides is 1. The molecule has 20 heavy (non-hydrogen) atoms. The molecule has 0 spiro atoms. The van der Waals surface area contributed by atoms with Gasteiger partial charge in [-0.05, 0) is 30.5 Å². The number of nitrogens with one attached hydrogen (secondary N) is 1. The van der Waals surface area contributed by atoms with Crippen molar-refractivity contribution in [1.29, 1.82) is 0 Å². The van der Waals surface area contributed by atoms with E-state index in [9.17, 15) is 9.90 Å². The van der Waals surface area contributed by atoms with Crippen molar-refractivity contribution in [3.8, 4) is 0 Å². The van der Waals surface area contributed by atoms with Crippen LogP contribution in [-0.2, 0) is 12.8 Å². The molecule has 1 amide bonds. The molecule has 0 aliphatic heterocycles. The van der Waals surface area contributed by atoms with Crippen molar-refractivity contribution in [3.63, 3.8) is 0 Å². The second-order valence-electron chi connectivity index (χ2n) is 4.66. The fourth-order valence-electron chi connectivity index (χ4n) is 2.01. The standard InChI is InChI=1S/C16H19NO2S/c1-2-14-8-9-15(20-14)16(19)17-13(11-18)10-12-6-4-3-5-7-12/h3-9,13,18H,2,10-11H2,1H3,(H,17,19). The number of benzene rings is 1. The molecule has 0 bridgehead atoms. The van der Waals surface area contributed by atoms with Crippen LogP contribution in [0.1, 0.15) is 27.0 Å². The number of aryl methyl sites for hydroxylation is 1. The smallest absolute Gasteiger partial charge is 0.261 e. The molecule has 2 rings (SSSR count). The molecule has 2 N–H and O–H groups in total. The average molecular weight is 289 g/mol. The van der Waals surface area contributed by atoms with Crippen molar-refractivity contribution in [2.45, 2.75) is 25.8 Å². The summed E-state index contributed by atoms with van der Waals surface area (Å²) in [5, 5.41) is 12.3. The van der Waals surface area contributed by atoms with Gasteiger partial charge in [-0.25, -0.2) is 0 Å². The van der Waals surface area contributed by atoms with Gasteiger partial charge >= 0.3 is 0 Å². The molecule has 1 heterocycles. The van der Waals surface area contributed by atoms with Crippen molar-refractivity contribution in [2.75, 3.05) is 6.61 Å². The Kier molecular flexibility index (Phi) is 5.32. The third kappa shape index (κ3) is 3.92. The maximum Gasteiger partial charge on any atom is 0.261 e. The molecule has 1 aromatic heterocycles. The number of hydrogen-bond acceptors (Lipinski definition) is 3. The first kappa shape index (κ1) is 14.8. The number of thiophene rings is 1. The van der Waals surface area contributed by atoms with Crippen LogP contribution in [0, 0.1) is 0 Å². The maximum absolute atomic E-state index is 12.1. The molecule has 106 valence electrons. The van der Waals surface area contributed by atoms with Gasteiger partial charge in [0.25, 0.3) is 5.91 Å². The van der Waals surface area contributed by atoms with E-state index < -0.39 is 0 Å². The summed E-state index contributed by atoms with van der Waals surface area (Å²) in [6, 6.07) is 13.4. The first-order valence-electron chi connectivity index (χ1n) is 6.77. The Balaban J connectivity index is 1.97. The summed E-state index contributed by atoms with van der Waals surface area (Å²) in [7, 11) is 0. The Hall–Kier alpha value is -1.65. The molecule has 0 fully saturated rings. The summed E-state index contributed by atoms with van der Waals surface area (Å²) >= 11 is 1.51. The Morgan fingerprint density at radius 3 is 2.60 bits per heavy atom. The summed E-state index contributed by atoms with van der Waals surface area (Å²) < 4.78 is 0. The SMILES string of the molecule is CCc1ccc(C(=O)NC(CO)Cc2ccccc2)s1. The molecule has 0 saturated carbocycles. The van der Waals surface area contributed by atoms with Gasteiger partial charge in [0.1, 0.15) is 0 Å². The molecule has 2 aromatic rings. The van der Waals surface area contributed by atoms with Gasteiger partial charge in [-0.2, -0.15) is 0 Å². The van der Waals surface area contributed by atoms with Crippen LogP contribution < -0.4 is 5.32 Å². The van der Waals surface area contributed by atoms with E-state index in [0.717, 1.165) is 12.0 Å². The molecule has 1 atom stereocenters. The zero-order valence-corrected chi connectivity index (χ0v) is 12.3. The van der Waals surface area contributed by atoms with E-state index in [1.165, 1.54) is 16.2 Å². The number of aliphatic hydroxyl groups excluding tert-OH is 1. The van der Waals surface area contributed by atoms with Gasteiger partial charge in [0, 0.05) is 4.88 Å². The van der Waals surface area contributed by atoms with Crippen LogP contribution in [0.25, 0.3) is 0 Å². The Bertz CT molecular complexity index is 551. The van der Waals surface area contributed by atoms with Crippen LogP contribution in [0.15, 0.2) is 42.5 Å². The monoisotopic (exact) mass is 289 g/mol. The normalized spacial score (nSPS) is 12.1. The van der Waals surface area contributed by atoms with Gasteiger partial charge in [0.05, 0.1) is 17.5 Å². The molecule has 4 heteroatoms. The zero-order valence-electron chi connectivity index (χ0n) is 11.5. The van der Waals surface area contributed by atoms with Crippen molar-refractivity contribution < 1.29 is 9.90 Å². The fraction of sp³-hybridized carbons (Fsp3) is 0.312. The van der Waals surface area contributed by atoms with E-state index >= 15 is 0 Å². The van der Waals surface area contributed by atoms with Crippen molar-refractivity contribution in [1.82, 2.24) is 5.32 Å². The first-order chi connectivity index (χ1) is 9.72. The van der Waals surface area contributed by atoms with E-state index in [-0.39, 0.29) is 18.6 Å². The second kappa shape index (κ2) is 7.22. The van der Waals surface area contributed by atoms with Crippen LogP contribution >= 0.6 is 11.3 Å². The third-order valence-electron chi connectivity index (χ3n) is 3.11. The molecule has 0 aliphatic rings. The lowest BCUT2D eigenvalue weighted by molar-refractivity contribution is 0.0920. The van der Waals surface area contributed by atoms with Crippen LogP contribution in [0.2, 0.25) is 0 Å². The molecule has 0 aliphatic carbocycles. The predicted octanol–water partition coefficient (Wildman–Crippen LogP) is 2.64. The van der Waals surface area contributed by atoms with Gasteiger partial charge in [0.2, 0.25) is 0 Å². The highest BCUT2D eigenvalue weighted by atomic mass is 32.1. The summed E-state index contributed by atoms with van der Waals surface area (Å²) in [5.41, 5.74) is 1.10. The minimum Gasteiger partial charge on any atom is -0.394 e. The van der Waals surface area contributed by atoms with Crippen LogP contribution in [0.3, 0.4) is 0 Å². The van der Waals surface area contributed by atoms with E-state index in [4.69, 9.17) is 0 Å². The van der Waals surface area contributed by atoms with Crippen LogP contribution in [-0.4, -0.2) is 23.7 Å². The third-order valence-corrected chi connectivity index (χ3v) is 4.34. The largest absolute Gasteiger partial charge is 0.394 e. The lowest BCUT2D eigenvalue weighted by atomic mass is 10.1. The van der Waals surface area contributed by atoms with Crippen LogP contribution in [0.4, 0.5) is 0 Å². The topological polar surface area (TPSA) is 49.3 Å². The second-order valence-corrected chi connectivity index (χ2v) is 5.83. The van der Waals surface area contributed by atoms with Crippen LogP contribution in [0.5, 0.6) is 0 Å². The summed E-state index contributed by atoms with van der Waals surface area (Å²) in [6.45, 7) is 2.01. The fourth-order valence-corrected chi connectivity index (χ4v) is 2.86. The summed E-state index contributed by atoms with van der Waals surface area (Å²) in [4.78, 5) is 14.0. The van der Waals surface area contributed by atoms with Gasteiger partial charge in [-0.1, -0.05) is 37.3 Å². The number of aliphatic hydroxyl groups is 1. The van der Waals surface area contributed by atoms with E-state index in [0.29, 0.717) is 11.3 Å². The highest BCUT2D eigenvalue weighted by Crippen LogP contribution is 2.17. The summed E-state index contributed by atoms with van der Waals surface area (Å²) in [5.74, 6) is -0.107. The summed E-state index contributed by atoms with van der Waals surface area (Å²) in [6.07, 6.45) is 1.57. The van der Waals surface area contributed by atoms with Crippen molar-refractivity contribution >= 4 is 17.2 Å². The number of carbonyl (C=O) groups is 1. The van der Waals surface area contributed by atoms with Gasteiger partial charge in [-0.3, -0.25) is 4.79 Å². The molecule has 3 nitrogen and oxygen atoms in total. The van der Waals surface area contributed by atoms with Gasteiger partial charge in [-0.15, -0.1) is 11.3 Å². The lowest BCUT2D eigenvalue weighted by Crippen LogP contribution is -2.38. The molecule has 0 saturated heterocycles. The minimum atomic E-state index is -0.253. The first-order valence-corrected chi connectivity index (χ1v) is 7.59. The molecular weight excluding hydrogens is 270 g/mol. The quantitative estimate of drug-likeness (QED) is 0.859. The Morgan fingerprint density at radius 1 is 1.25 bits per heavy atom.